The van der Waals surface area contributed by atoms with Gasteiger partial charge in [0.05, 0.1) is 6.61 Å². The monoisotopic (exact) mass is 374 g/mol. The summed E-state index contributed by atoms with van der Waals surface area (Å²) in [5, 5.41) is 0. The van der Waals surface area contributed by atoms with Gasteiger partial charge in [-0.05, 0) is 18.8 Å². The van der Waals surface area contributed by atoms with Crippen molar-refractivity contribution in [2.45, 2.75) is 58.3 Å². The van der Waals surface area contributed by atoms with Crippen molar-refractivity contribution in [1.29, 1.82) is 0 Å². The third kappa shape index (κ3) is 12.0. The predicted molar refractivity (Wildman–Crippen MR) is 92.3 cm³/mol. The number of esters is 2. The van der Waals surface area contributed by atoms with E-state index in [1.807, 2.05) is 6.92 Å². The van der Waals surface area contributed by atoms with E-state index in [2.05, 4.69) is 11.7 Å². The number of hydrogen-bond acceptors (Lipinski definition) is 6. The van der Waals surface area contributed by atoms with Crippen molar-refractivity contribution >= 4 is 51.6 Å². The first-order valence-corrected chi connectivity index (χ1v) is 9.26. The van der Waals surface area contributed by atoms with Crippen LogP contribution in [0.15, 0.2) is 12.2 Å². The van der Waals surface area contributed by atoms with E-state index in [4.69, 9.17) is 9.29 Å². The zero-order valence-corrected chi connectivity index (χ0v) is 14.7. The molecule has 24 heavy (non-hydrogen) atoms. The first-order chi connectivity index (χ1) is 10.7. The molecule has 9 heteroatoms. The minimum atomic E-state index is -4.48. The molecule has 2 atom stereocenters. The van der Waals surface area contributed by atoms with Gasteiger partial charge in [0.1, 0.15) is 0 Å². The van der Waals surface area contributed by atoms with Gasteiger partial charge >= 0.3 is 51.6 Å². The molecule has 0 saturated carbocycles. The van der Waals surface area contributed by atoms with Crippen molar-refractivity contribution in [3.63, 3.8) is 0 Å². The van der Waals surface area contributed by atoms with E-state index < -0.39 is 27.5 Å². The number of hydrogen-bond donors (Lipinski definition) is 1. The molecular weight excluding hydrogens is 347 g/mol. The van der Waals surface area contributed by atoms with Crippen LogP contribution in [0.2, 0.25) is 0 Å². The Kier molecular flexibility index (Phi) is 14.9. The van der Waals surface area contributed by atoms with Gasteiger partial charge in [-0.15, -0.1) is 0 Å². The molecule has 0 rings (SSSR count). The van der Waals surface area contributed by atoms with Crippen LogP contribution in [0.4, 0.5) is 0 Å². The molecule has 2 unspecified atom stereocenters. The fraction of sp³-hybridized carbons (Fsp3) is 0.733. The average molecular weight is 374 g/mol. The van der Waals surface area contributed by atoms with Crippen molar-refractivity contribution in [2.24, 2.45) is 5.92 Å². The van der Waals surface area contributed by atoms with Gasteiger partial charge in [-0.2, -0.15) is 8.42 Å². The van der Waals surface area contributed by atoms with Crippen LogP contribution in [-0.2, 0) is 29.2 Å². The van der Waals surface area contributed by atoms with E-state index >= 15 is 0 Å². The number of rotatable bonds is 11. The van der Waals surface area contributed by atoms with Crippen LogP contribution in [-0.4, -0.2) is 66.5 Å². The summed E-state index contributed by atoms with van der Waals surface area (Å²) in [5.41, 5.74) is -1.64. The molecule has 0 aliphatic carbocycles. The third-order valence-corrected chi connectivity index (χ3v) is 4.37. The maximum absolute atomic E-state index is 11.5. The first-order valence-electron chi connectivity index (χ1n) is 7.76. The Labute approximate surface area is 166 Å². The number of carbonyl (C=O) groups excluding carboxylic acids is 2. The van der Waals surface area contributed by atoms with E-state index in [9.17, 15) is 18.0 Å². The van der Waals surface area contributed by atoms with Gasteiger partial charge in [-0.1, -0.05) is 40.0 Å². The Balaban J connectivity index is 0. The Morgan fingerprint density at radius 2 is 1.67 bits per heavy atom. The first kappa shape index (κ1) is 25.8. The summed E-state index contributed by atoms with van der Waals surface area (Å²) < 4.78 is 40.2. The van der Waals surface area contributed by atoms with Crippen LogP contribution in [0.3, 0.4) is 0 Å². The van der Waals surface area contributed by atoms with Crippen molar-refractivity contribution in [2.75, 3.05) is 6.61 Å². The summed E-state index contributed by atoms with van der Waals surface area (Å²) >= 11 is 0. The Morgan fingerprint density at radius 1 is 1.08 bits per heavy atom. The van der Waals surface area contributed by atoms with E-state index in [-0.39, 0.29) is 48.5 Å². The fourth-order valence-corrected chi connectivity index (χ4v) is 2.44. The molecule has 0 saturated heterocycles. The van der Waals surface area contributed by atoms with E-state index in [0.717, 1.165) is 37.8 Å². The molecule has 0 radical (unpaired) electrons. The summed E-state index contributed by atoms with van der Waals surface area (Å²) in [5.74, 6) is -1.45. The summed E-state index contributed by atoms with van der Waals surface area (Å²) in [6.07, 6.45) is 5.56. The van der Waals surface area contributed by atoms with Gasteiger partial charge in [0.25, 0.3) is 0 Å². The Hall–Kier alpha value is -0.410. The molecular formula is C15H27NaO7S. The van der Waals surface area contributed by atoms with Gasteiger partial charge < -0.3 is 9.47 Å². The van der Waals surface area contributed by atoms with Crippen molar-refractivity contribution in [1.82, 2.24) is 0 Å². The molecule has 0 heterocycles. The maximum atomic E-state index is 11.5. The molecule has 136 valence electrons. The van der Waals surface area contributed by atoms with E-state index in [0.29, 0.717) is 0 Å². The molecule has 0 aliphatic rings. The quantitative estimate of drug-likeness (QED) is 0.254. The Bertz CT molecular complexity index is 502. The van der Waals surface area contributed by atoms with Gasteiger partial charge in [0.15, 0.2) is 0 Å². The van der Waals surface area contributed by atoms with Crippen LogP contribution in [0.1, 0.15) is 52.9 Å². The molecule has 7 nitrogen and oxygen atoms in total. The summed E-state index contributed by atoms with van der Waals surface area (Å²) in [4.78, 5) is 22.9. The van der Waals surface area contributed by atoms with Crippen LogP contribution >= 0.6 is 0 Å². The van der Waals surface area contributed by atoms with Crippen LogP contribution < -0.4 is 0 Å². The molecule has 0 aromatic heterocycles. The molecule has 0 aliphatic heterocycles. The van der Waals surface area contributed by atoms with Gasteiger partial charge in [0.2, 0.25) is 5.44 Å². The molecule has 0 bridgehead atoms. The second kappa shape index (κ2) is 13.8. The topological polar surface area (TPSA) is 107 Å². The zero-order chi connectivity index (χ0) is 17.9. The predicted octanol–water partition coefficient (Wildman–Crippen LogP) is 1.82. The molecule has 0 aromatic rings. The SMILES string of the molecule is CCCCC(CC)COC(=O)/C=C\C(=O)OC(CC)S(=O)(=O)O.[NaH]. The fourth-order valence-electron chi connectivity index (χ4n) is 1.81. The van der Waals surface area contributed by atoms with Gasteiger partial charge in [-0.25, -0.2) is 9.59 Å². The van der Waals surface area contributed by atoms with Gasteiger partial charge in [-0.3, -0.25) is 4.55 Å². The molecule has 0 aromatic carbocycles. The summed E-state index contributed by atoms with van der Waals surface area (Å²) in [7, 11) is -4.48. The van der Waals surface area contributed by atoms with Crippen LogP contribution in [0.5, 0.6) is 0 Å². The second-order valence-electron chi connectivity index (χ2n) is 5.17. The molecule has 1 N–H and O–H groups in total. The van der Waals surface area contributed by atoms with Gasteiger partial charge in [0, 0.05) is 12.2 Å². The molecule has 0 spiro atoms. The normalized spacial score (nSPS) is 13.8. The minimum absolute atomic E-state index is 0. The third-order valence-electron chi connectivity index (χ3n) is 3.27. The summed E-state index contributed by atoms with van der Waals surface area (Å²) in [6, 6.07) is 0. The number of carbonyl (C=O) groups is 2. The van der Waals surface area contributed by atoms with Crippen LogP contribution in [0, 0.1) is 5.92 Å². The van der Waals surface area contributed by atoms with Crippen molar-refractivity contribution < 1.29 is 32.0 Å². The van der Waals surface area contributed by atoms with E-state index in [1.165, 1.54) is 6.92 Å². The molecule has 0 fully saturated rings. The Morgan fingerprint density at radius 3 is 2.12 bits per heavy atom. The van der Waals surface area contributed by atoms with Crippen molar-refractivity contribution in [3.05, 3.63) is 12.2 Å². The van der Waals surface area contributed by atoms with Crippen LogP contribution in [0.25, 0.3) is 0 Å². The van der Waals surface area contributed by atoms with E-state index in [1.54, 1.807) is 0 Å². The number of ether oxygens (including phenoxy) is 2. The second-order valence-corrected chi connectivity index (χ2v) is 6.73. The summed E-state index contributed by atoms with van der Waals surface area (Å²) in [6.45, 7) is 5.81. The zero-order valence-electron chi connectivity index (χ0n) is 13.9. The standard InChI is InChI=1S/C15H26O7S.Na.H/c1-4-7-8-12(5-2)11-21-13(16)9-10-14(17)22-15(6-3)23(18,19)20;;/h9-10,12,15H,4-8,11H2,1-3H3,(H,18,19,20);;/b10-9-;;. The molecule has 0 amide bonds. The number of unbranched alkanes of at least 4 members (excludes halogenated alkanes) is 1. The average Bonchev–Trinajstić information content (AvgIpc) is 2.49. The van der Waals surface area contributed by atoms with Crippen molar-refractivity contribution in [3.8, 4) is 0 Å².